The van der Waals surface area contributed by atoms with Gasteiger partial charge in [-0.15, -0.1) is 0 Å². The molecule has 14 nitrogen and oxygen atoms in total. The highest BCUT2D eigenvalue weighted by Crippen LogP contribution is 2.45. The molecule has 1 unspecified atom stereocenters. The number of nitrogens with zero attached hydrogens (tertiary/aromatic N) is 6. The fourth-order valence-corrected chi connectivity index (χ4v) is 9.25. The quantitative estimate of drug-likeness (QED) is 0.357. The first-order valence-electron chi connectivity index (χ1n) is 18.1. The number of halogens is 1. The smallest absolute Gasteiger partial charge is 0.282 e. The van der Waals surface area contributed by atoms with Crippen molar-refractivity contribution in [3.8, 4) is 0 Å². The maximum atomic E-state index is 13.6. The summed E-state index contributed by atoms with van der Waals surface area (Å²) in [6, 6.07) is 12.3. The van der Waals surface area contributed by atoms with Gasteiger partial charge < -0.3 is 20.0 Å². The van der Waals surface area contributed by atoms with Crippen LogP contribution in [0.1, 0.15) is 74.7 Å². The number of anilines is 2. The van der Waals surface area contributed by atoms with E-state index in [0.29, 0.717) is 53.2 Å². The molecule has 6 heterocycles. The Labute approximate surface area is 314 Å². The van der Waals surface area contributed by atoms with Crippen LogP contribution in [0, 0.1) is 5.41 Å². The second kappa shape index (κ2) is 13.5. The number of imide groups is 2. The van der Waals surface area contributed by atoms with Crippen molar-refractivity contribution in [2.75, 3.05) is 56.5 Å². The maximum Gasteiger partial charge on any atom is 0.282 e. The summed E-state index contributed by atoms with van der Waals surface area (Å²) in [5.41, 5.74) is 3.60. The summed E-state index contributed by atoms with van der Waals surface area (Å²) in [5, 5.41) is 9.90. The number of piperidine rings is 3. The van der Waals surface area contributed by atoms with Crippen molar-refractivity contribution in [2.24, 2.45) is 12.5 Å². The topological polar surface area (TPSA) is 157 Å². The number of carbonyl (C=O) groups is 5. The van der Waals surface area contributed by atoms with Gasteiger partial charge in [-0.3, -0.25) is 39.0 Å². The van der Waals surface area contributed by atoms with Crippen molar-refractivity contribution in [1.82, 2.24) is 29.8 Å². The van der Waals surface area contributed by atoms with Crippen LogP contribution in [0.5, 0.6) is 0 Å². The summed E-state index contributed by atoms with van der Waals surface area (Å²) in [5.74, 6) is -1.76. The first kappa shape index (κ1) is 35.2. The van der Waals surface area contributed by atoms with E-state index in [-0.39, 0.29) is 47.2 Å². The fourth-order valence-electron chi connectivity index (χ4n) is 8.77. The second-order valence-electron chi connectivity index (χ2n) is 15.2. The molecule has 5 aliphatic rings. The molecule has 3 aromatic rings. The van der Waals surface area contributed by atoms with E-state index < -0.39 is 29.7 Å². The number of likely N-dealkylation sites (N-methyl/N-ethyl adjacent to an activating group) is 1. The number of nitrogens with one attached hydrogen (secondary N) is 2. The van der Waals surface area contributed by atoms with Gasteiger partial charge in [-0.25, -0.2) is 4.68 Å². The third-order valence-corrected chi connectivity index (χ3v) is 12.4. The molecule has 4 saturated heterocycles. The Bertz CT molecular complexity index is 2090. The van der Waals surface area contributed by atoms with Crippen LogP contribution in [0.2, 0.25) is 0 Å². The number of aromatic nitrogens is 2. The monoisotopic (exact) mass is 784 g/mol. The fraction of sp³-hybridized carbons (Fsp3) is 0.447. The van der Waals surface area contributed by atoms with Gasteiger partial charge in [0.05, 0.1) is 28.7 Å². The number of hydrogen-bond acceptors (Lipinski definition) is 10. The first-order chi connectivity index (χ1) is 25.4. The molecule has 53 heavy (non-hydrogen) atoms. The van der Waals surface area contributed by atoms with Gasteiger partial charge in [0.1, 0.15) is 10.5 Å². The van der Waals surface area contributed by atoms with E-state index in [1.165, 1.54) is 10.2 Å². The van der Waals surface area contributed by atoms with Gasteiger partial charge in [-0.2, -0.15) is 5.10 Å². The number of carbonyl (C=O) groups excluding carboxylic acids is 5. The molecular formula is C38H41BrN8O6. The molecule has 0 aliphatic carbocycles. The summed E-state index contributed by atoms with van der Waals surface area (Å²) in [6.07, 6.45) is 4.40. The number of likely N-dealkylation sites (tertiary alicyclic amines) is 2. The van der Waals surface area contributed by atoms with Crippen LogP contribution >= 0.6 is 15.9 Å². The molecule has 0 saturated carbocycles. The Morgan fingerprint density at radius 3 is 2.42 bits per heavy atom. The lowest BCUT2D eigenvalue weighted by Crippen LogP contribution is -2.61. The lowest BCUT2D eigenvalue weighted by atomic mass is 9.71. The van der Waals surface area contributed by atoms with E-state index >= 15 is 0 Å². The Morgan fingerprint density at radius 1 is 0.962 bits per heavy atom. The third kappa shape index (κ3) is 6.33. The van der Waals surface area contributed by atoms with Crippen molar-refractivity contribution >= 4 is 56.8 Å². The van der Waals surface area contributed by atoms with E-state index in [2.05, 4.69) is 60.6 Å². The van der Waals surface area contributed by atoms with Crippen molar-refractivity contribution < 1.29 is 24.0 Å². The zero-order valence-electron chi connectivity index (χ0n) is 29.6. The molecule has 5 amide bonds. The molecule has 8 rings (SSSR count). The number of fused-ring (bicyclic) bond motifs is 1. The Morgan fingerprint density at radius 2 is 1.70 bits per heavy atom. The molecule has 2 aromatic carbocycles. The first-order valence-corrected chi connectivity index (χ1v) is 18.9. The highest BCUT2D eigenvalue weighted by Gasteiger charge is 2.50. The van der Waals surface area contributed by atoms with Crippen molar-refractivity contribution in [3.05, 3.63) is 85.7 Å². The number of hydrogen-bond donors (Lipinski definition) is 2. The normalized spacial score (nSPS) is 24.3. The van der Waals surface area contributed by atoms with Crippen LogP contribution in [0.25, 0.3) is 0 Å². The van der Waals surface area contributed by atoms with E-state index in [4.69, 9.17) is 0 Å². The van der Waals surface area contributed by atoms with Gasteiger partial charge in [-0.05, 0) is 84.4 Å². The minimum Gasteiger partial charge on any atom is -0.379 e. The largest absolute Gasteiger partial charge is 0.379 e. The van der Waals surface area contributed by atoms with Crippen LogP contribution in [-0.4, -0.2) is 112 Å². The number of amides is 5. The van der Waals surface area contributed by atoms with Crippen molar-refractivity contribution in [2.45, 2.75) is 50.1 Å². The molecule has 2 N–H and O–H groups in total. The summed E-state index contributed by atoms with van der Waals surface area (Å²) in [7, 11) is 3.71. The summed E-state index contributed by atoms with van der Waals surface area (Å²) in [6.45, 7) is 4.41. The van der Waals surface area contributed by atoms with E-state index in [9.17, 15) is 28.8 Å². The van der Waals surface area contributed by atoms with Crippen LogP contribution in [-0.2, 0) is 16.6 Å². The molecule has 0 bridgehead atoms. The Kier molecular flexibility index (Phi) is 8.96. The average Bonchev–Trinajstić information content (AvgIpc) is 3.39. The van der Waals surface area contributed by atoms with Gasteiger partial charge in [-0.1, -0.05) is 18.2 Å². The molecule has 1 spiro atoms. The summed E-state index contributed by atoms with van der Waals surface area (Å²) in [4.78, 5) is 84.4. The number of rotatable bonds is 6. The van der Waals surface area contributed by atoms with Crippen LogP contribution < -0.4 is 21.1 Å². The Hall–Kier alpha value is -4.89. The van der Waals surface area contributed by atoms with E-state index in [1.54, 1.807) is 25.4 Å². The predicted molar refractivity (Wildman–Crippen MR) is 199 cm³/mol. The Balaban J connectivity index is 0.870. The second-order valence-corrected chi connectivity index (χ2v) is 16.0. The van der Waals surface area contributed by atoms with E-state index in [0.717, 1.165) is 37.3 Å². The predicted octanol–water partition coefficient (Wildman–Crippen LogP) is 2.59. The maximum absolute atomic E-state index is 13.6. The molecule has 3 atom stereocenters. The lowest BCUT2D eigenvalue weighted by molar-refractivity contribution is -0.136. The van der Waals surface area contributed by atoms with Crippen LogP contribution in [0.15, 0.2) is 57.9 Å². The zero-order chi connectivity index (χ0) is 37.2. The molecule has 1 aromatic heterocycles. The van der Waals surface area contributed by atoms with Gasteiger partial charge in [0.2, 0.25) is 11.8 Å². The van der Waals surface area contributed by atoms with Crippen molar-refractivity contribution in [3.63, 3.8) is 0 Å². The molecule has 276 valence electrons. The molecular weight excluding hydrogens is 744 g/mol. The standard InChI is InChI=1S/C38H41BrN8O6/c1-43-18-24(16-25(19-43)41-27-17-40-44(2)37(53)32(27)39)22-6-8-23(9-7-22)34(50)45-14-12-38(13-15-45)20-46(21-38)28-5-3-4-26-31(28)36(52)47(35(26)51)29-10-11-30(48)42-33(29)49/h3-9,17,24-25,29,41H,10-16,18-21H2,1-2H3,(H,42,48,49)/t24-,25+,29?/m1/s1. The zero-order valence-corrected chi connectivity index (χ0v) is 31.2. The SMILES string of the molecule is CN1C[C@@H](Nc2cnn(C)c(=O)c2Br)C[C@@H](c2ccc(C(=O)N3CCC4(CC3)CN(c3cccc5c3C(=O)N(C3CCC(=O)NC3=O)C5=O)C4)cc2)C1. The van der Waals surface area contributed by atoms with Crippen molar-refractivity contribution in [1.29, 1.82) is 0 Å². The van der Waals surface area contributed by atoms with Crippen LogP contribution in [0.3, 0.4) is 0 Å². The van der Waals surface area contributed by atoms with Gasteiger partial charge >= 0.3 is 0 Å². The average molecular weight is 786 g/mol. The van der Waals surface area contributed by atoms with E-state index in [1.807, 2.05) is 23.1 Å². The number of benzene rings is 2. The lowest BCUT2D eigenvalue weighted by Gasteiger charge is -2.55. The van der Waals surface area contributed by atoms with Gasteiger partial charge in [0.15, 0.2) is 0 Å². The van der Waals surface area contributed by atoms with Crippen LogP contribution in [0.4, 0.5) is 11.4 Å². The highest BCUT2D eigenvalue weighted by molar-refractivity contribution is 9.10. The number of aryl methyl sites for hydroxylation is 1. The molecule has 0 radical (unpaired) electrons. The van der Waals surface area contributed by atoms with Gasteiger partial charge in [0.25, 0.3) is 23.3 Å². The summed E-state index contributed by atoms with van der Waals surface area (Å²) >= 11 is 3.41. The molecule has 5 aliphatic heterocycles. The molecule has 15 heteroatoms. The highest BCUT2D eigenvalue weighted by atomic mass is 79.9. The minimum absolute atomic E-state index is 0.00817. The van der Waals surface area contributed by atoms with Gasteiger partial charge in [0, 0.05) is 69.8 Å². The molecule has 4 fully saturated rings. The summed E-state index contributed by atoms with van der Waals surface area (Å²) < 4.78 is 1.76. The third-order valence-electron chi connectivity index (χ3n) is 11.7. The minimum atomic E-state index is -1.00.